The zero-order valence-electron chi connectivity index (χ0n) is 8.43. The van der Waals surface area contributed by atoms with E-state index in [1.165, 1.54) is 4.90 Å². The van der Waals surface area contributed by atoms with E-state index in [1.807, 2.05) is 0 Å². The molecule has 0 N–H and O–H groups in total. The van der Waals surface area contributed by atoms with Crippen LogP contribution >= 0.6 is 0 Å². The number of hydrogen-bond acceptors (Lipinski definition) is 6. The molecule has 84 valence electrons. The quantitative estimate of drug-likeness (QED) is 0.368. The van der Waals surface area contributed by atoms with Gasteiger partial charge in [0.25, 0.3) is 11.0 Å². The number of nitrogens with zero attached hydrogens (tertiary/aromatic N) is 1. The first kappa shape index (κ1) is 13.3. The number of hydrogen-bond donors (Lipinski definition) is 1. The van der Waals surface area contributed by atoms with E-state index in [0.717, 1.165) is 0 Å². The van der Waals surface area contributed by atoms with E-state index in [-0.39, 0.29) is 13.0 Å². The average Bonchev–Trinajstić information content (AvgIpc) is 2.02. The second-order valence-corrected chi connectivity index (χ2v) is 3.41. The van der Waals surface area contributed by atoms with Crippen LogP contribution in [0.1, 0.15) is 13.3 Å². The molecule has 0 fully saturated rings. The molecule has 0 aromatic carbocycles. The molecule has 0 amide bonds. The van der Waals surface area contributed by atoms with Gasteiger partial charge in [0, 0.05) is 0 Å². The Labute approximate surface area is 84.9 Å². The minimum Gasteiger partial charge on any atom is -0.466 e. The Kier molecular flexibility index (Phi) is 6.43. The van der Waals surface area contributed by atoms with Crippen molar-refractivity contribution < 1.29 is 22.1 Å². The zero-order valence-corrected chi connectivity index (χ0v) is 9.32. The Bertz CT molecular complexity index is 242. The fourth-order valence-corrected chi connectivity index (χ4v) is 1.24. The third-order valence-electron chi connectivity index (χ3n) is 1.43. The summed E-state index contributed by atoms with van der Waals surface area (Å²) in [6.45, 7) is 1.94. The van der Waals surface area contributed by atoms with Crippen LogP contribution in [0.4, 0.5) is 0 Å². The second kappa shape index (κ2) is 6.74. The van der Waals surface area contributed by atoms with Crippen LogP contribution in [-0.2, 0) is 24.7 Å². The molecule has 0 aliphatic rings. The van der Waals surface area contributed by atoms with Gasteiger partial charge in [-0.2, -0.15) is 0 Å². The van der Waals surface area contributed by atoms with Crippen molar-refractivity contribution in [3.8, 4) is 0 Å². The highest BCUT2D eigenvalue weighted by Gasteiger charge is 2.18. The van der Waals surface area contributed by atoms with E-state index in [0.29, 0.717) is 0 Å². The lowest BCUT2D eigenvalue weighted by Crippen LogP contribution is -2.33. The molecule has 0 aliphatic carbocycles. The van der Waals surface area contributed by atoms with Crippen molar-refractivity contribution >= 4 is 17.0 Å². The molecular weight excluding hydrogens is 210 g/mol. The first-order chi connectivity index (χ1) is 6.47. The first-order valence-corrected chi connectivity index (χ1v) is 5.20. The van der Waals surface area contributed by atoms with Crippen LogP contribution in [0.15, 0.2) is 0 Å². The Morgan fingerprint density at radius 1 is 1.43 bits per heavy atom. The Morgan fingerprint density at radius 3 is 2.36 bits per heavy atom. The summed E-state index contributed by atoms with van der Waals surface area (Å²) in [5, 5.41) is 0. The Hall–Kier alpha value is -0.660. The highest BCUT2D eigenvalue weighted by Crippen LogP contribution is 2.03. The van der Waals surface area contributed by atoms with Crippen molar-refractivity contribution in [3.05, 3.63) is 0 Å². The molecule has 0 spiro atoms. The number of carbonyl (C=O) groups excluding carboxylic acids is 1. The molecular formula is C7H15NO5S. The summed E-state index contributed by atoms with van der Waals surface area (Å²) in [6.07, 6.45) is -0.903. The maximum atomic E-state index is 11.0. The predicted octanol–water partition coefficient (Wildman–Crippen LogP) is -0.630. The van der Waals surface area contributed by atoms with Gasteiger partial charge in [-0.1, -0.05) is 0 Å². The highest BCUT2D eigenvalue weighted by molar-refractivity contribution is 7.67. The molecule has 0 rings (SSSR count). The standard InChI is InChI=1S/C7H15NO5S/c1-4-12-7(9)5-6(8(2)3)13-14(10)11/h6,14H,4-5H2,1-3H3. The third kappa shape index (κ3) is 5.90. The van der Waals surface area contributed by atoms with Crippen molar-refractivity contribution in [2.24, 2.45) is 0 Å². The maximum Gasteiger partial charge on any atom is 0.309 e. The predicted molar refractivity (Wildman–Crippen MR) is 50.1 cm³/mol. The number of rotatable bonds is 6. The summed E-state index contributed by atoms with van der Waals surface area (Å²) >= 11 is 0. The van der Waals surface area contributed by atoms with Gasteiger partial charge in [0.05, 0.1) is 13.0 Å². The molecule has 7 heteroatoms. The third-order valence-corrected chi connectivity index (χ3v) is 1.85. The topological polar surface area (TPSA) is 72.9 Å². The summed E-state index contributed by atoms with van der Waals surface area (Å²) < 4.78 is 29.7. The van der Waals surface area contributed by atoms with Gasteiger partial charge >= 0.3 is 5.97 Å². The second-order valence-electron chi connectivity index (χ2n) is 2.76. The van der Waals surface area contributed by atoms with Gasteiger partial charge in [-0.25, -0.2) is 8.42 Å². The molecule has 14 heavy (non-hydrogen) atoms. The molecule has 1 unspecified atom stereocenters. The molecule has 6 nitrogen and oxygen atoms in total. The van der Waals surface area contributed by atoms with Gasteiger partial charge in [0.2, 0.25) is 0 Å². The van der Waals surface area contributed by atoms with Gasteiger partial charge in [-0.3, -0.25) is 13.9 Å². The fraction of sp³-hybridized carbons (Fsp3) is 0.857. The van der Waals surface area contributed by atoms with E-state index < -0.39 is 23.2 Å². The molecule has 0 bridgehead atoms. The average molecular weight is 225 g/mol. The van der Waals surface area contributed by atoms with Crippen LogP contribution in [0, 0.1) is 0 Å². The fourth-order valence-electron chi connectivity index (χ4n) is 0.776. The van der Waals surface area contributed by atoms with Crippen LogP contribution in [0.2, 0.25) is 0 Å². The van der Waals surface area contributed by atoms with Crippen molar-refractivity contribution in [1.82, 2.24) is 4.90 Å². The maximum absolute atomic E-state index is 11.0. The number of thiol groups is 1. The summed E-state index contributed by atoms with van der Waals surface area (Å²) in [5.41, 5.74) is 0. The van der Waals surface area contributed by atoms with Crippen LogP contribution in [-0.4, -0.2) is 46.2 Å². The largest absolute Gasteiger partial charge is 0.466 e. The van der Waals surface area contributed by atoms with Crippen molar-refractivity contribution in [2.75, 3.05) is 20.7 Å². The Balaban J connectivity index is 4.15. The van der Waals surface area contributed by atoms with E-state index in [1.54, 1.807) is 21.0 Å². The molecule has 1 atom stereocenters. The van der Waals surface area contributed by atoms with E-state index in [9.17, 15) is 13.2 Å². The van der Waals surface area contributed by atoms with Crippen molar-refractivity contribution in [2.45, 2.75) is 19.6 Å². The Morgan fingerprint density at radius 2 is 2.00 bits per heavy atom. The summed E-state index contributed by atoms with van der Waals surface area (Å²) in [5.74, 6) is -0.483. The van der Waals surface area contributed by atoms with Crippen molar-refractivity contribution in [3.63, 3.8) is 0 Å². The van der Waals surface area contributed by atoms with E-state index in [4.69, 9.17) is 0 Å². The minimum atomic E-state index is -2.96. The minimum absolute atomic E-state index is 0.107. The SMILES string of the molecule is CCOC(=O)CC(O[SH](=O)=O)N(C)C. The van der Waals surface area contributed by atoms with Crippen LogP contribution in [0.3, 0.4) is 0 Å². The molecule has 0 radical (unpaired) electrons. The van der Waals surface area contributed by atoms with Crippen molar-refractivity contribution in [1.29, 1.82) is 0 Å². The first-order valence-electron chi connectivity index (χ1n) is 4.10. The molecule has 0 saturated carbocycles. The van der Waals surface area contributed by atoms with Gasteiger partial charge in [0.15, 0.2) is 0 Å². The lowest BCUT2D eigenvalue weighted by molar-refractivity contribution is -0.146. The molecule has 0 aromatic heterocycles. The van der Waals surface area contributed by atoms with Crippen LogP contribution in [0.25, 0.3) is 0 Å². The lowest BCUT2D eigenvalue weighted by atomic mass is 10.3. The monoisotopic (exact) mass is 225 g/mol. The van der Waals surface area contributed by atoms with E-state index >= 15 is 0 Å². The smallest absolute Gasteiger partial charge is 0.309 e. The zero-order chi connectivity index (χ0) is 11.1. The summed E-state index contributed by atoms with van der Waals surface area (Å²) in [7, 11) is 0.266. The molecule has 0 aromatic rings. The van der Waals surface area contributed by atoms with Crippen LogP contribution < -0.4 is 0 Å². The number of ether oxygens (including phenoxy) is 1. The summed E-state index contributed by atoms with van der Waals surface area (Å²) in [4.78, 5) is 12.5. The van der Waals surface area contributed by atoms with Crippen LogP contribution in [0.5, 0.6) is 0 Å². The van der Waals surface area contributed by atoms with Gasteiger partial charge < -0.3 is 4.74 Å². The number of esters is 1. The van der Waals surface area contributed by atoms with Gasteiger partial charge in [-0.05, 0) is 21.0 Å². The molecule has 0 saturated heterocycles. The van der Waals surface area contributed by atoms with Gasteiger partial charge in [-0.15, -0.1) is 0 Å². The van der Waals surface area contributed by atoms with E-state index in [2.05, 4.69) is 8.92 Å². The highest BCUT2D eigenvalue weighted by atomic mass is 32.2. The summed E-state index contributed by atoms with van der Waals surface area (Å²) in [6, 6.07) is 0. The lowest BCUT2D eigenvalue weighted by Gasteiger charge is -2.20. The molecule has 0 aliphatic heterocycles. The molecule has 0 heterocycles. The normalized spacial score (nSPS) is 13.2. The number of carbonyl (C=O) groups is 1. The van der Waals surface area contributed by atoms with Gasteiger partial charge in [0.1, 0.15) is 6.23 Å².